The zero-order valence-corrected chi connectivity index (χ0v) is 8.50. The Hall–Kier alpha value is -0.273. The molecule has 11 heavy (non-hydrogen) atoms. The van der Waals surface area contributed by atoms with E-state index < -0.39 is 0 Å². The maximum Gasteiger partial charge on any atom is 0.0715 e. The molecule has 0 fully saturated rings. The van der Waals surface area contributed by atoms with E-state index >= 15 is 0 Å². The molecule has 3 radical (unpaired) electrons. The fourth-order valence-corrected chi connectivity index (χ4v) is 1.58. The van der Waals surface area contributed by atoms with Gasteiger partial charge in [-0.1, -0.05) is 17.3 Å². The van der Waals surface area contributed by atoms with E-state index in [1.165, 1.54) is 16.7 Å². The molecule has 1 aromatic carbocycles. The molecule has 0 aliphatic heterocycles. The third kappa shape index (κ3) is 1.66. The van der Waals surface area contributed by atoms with E-state index in [1.54, 1.807) is 0 Å². The largest absolute Gasteiger partial charge is 0.122 e. The van der Waals surface area contributed by atoms with Gasteiger partial charge in [0.15, 0.2) is 0 Å². The van der Waals surface area contributed by atoms with Crippen molar-refractivity contribution in [3.63, 3.8) is 0 Å². The molecule has 0 spiro atoms. The minimum Gasteiger partial charge on any atom is -0.122 e. The monoisotopic (exact) mass is 181 g/mol. The molecule has 0 nitrogen and oxygen atoms in total. The van der Waals surface area contributed by atoms with Gasteiger partial charge in [0.2, 0.25) is 0 Å². The molecular formula is C9H10ClSi. The summed E-state index contributed by atoms with van der Waals surface area (Å²) in [5, 5.41) is 1.15. The van der Waals surface area contributed by atoms with Crippen molar-refractivity contribution in [2.75, 3.05) is 0 Å². The van der Waals surface area contributed by atoms with Crippen LogP contribution in [0.25, 0.3) is 0 Å². The Kier molecular flexibility index (Phi) is 2.74. The first-order valence-electron chi connectivity index (χ1n) is 3.53. The van der Waals surface area contributed by atoms with Gasteiger partial charge in [0.05, 0.1) is 10.2 Å². The highest BCUT2D eigenvalue weighted by atomic mass is 35.5. The molecular weight excluding hydrogens is 172 g/mol. The molecule has 0 amide bonds. The van der Waals surface area contributed by atoms with E-state index in [0.29, 0.717) is 5.88 Å². The number of alkyl halides is 1. The average molecular weight is 182 g/mol. The third-order valence-corrected chi connectivity index (χ3v) is 2.87. The van der Waals surface area contributed by atoms with Crippen LogP contribution >= 0.6 is 11.6 Å². The molecule has 1 rings (SSSR count). The van der Waals surface area contributed by atoms with Gasteiger partial charge in [0.1, 0.15) is 0 Å². The van der Waals surface area contributed by atoms with Gasteiger partial charge in [0.25, 0.3) is 0 Å². The van der Waals surface area contributed by atoms with Crippen LogP contribution in [-0.2, 0) is 5.88 Å². The summed E-state index contributed by atoms with van der Waals surface area (Å²) in [6.07, 6.45) is 0. The predicted molar refractivity (Wildman–Crippen MR) is 50.9 cm³/mol. The third-order valence-electron chi connectivity index (χ3n) is 2.04. The lowest BCUT2D eigenvalue weighted by Crippen LogP contribution is -2.09. The lowest BCUT2D eigenvalue weighted by Gasteiger charge is -2.07. The fraction of sp³-hybridized carbons (Fsp3) is 0.333. The van der Waals surface area contributed by atoms with E-state index in [0.717, 1.165) is 5.19 Å². The second-order valence-electron chi connectivity index (χ2n) is 2.66. The van der Waals surface area contributed by atoms with E-state index in [9.17, 15) is 0 Å². The van der Waals surface area contributed by atoms with Gasteiger partial charge in [-0.15, -0.1) is 11.6 Å². The van der Waals surface area contributed by atoms with Crippen LogP contribution in [0, 0.1) is 13.8 Å². The van der Waals surface area contributed by atoms with Gasteiger partial charge in [-0.2, -0.15) is 0 Å². The second kappa shape index (κ2) is 3.42. The summed E-state index contributed by atoms with van der Waals surface area (Å²) in [5.74, 6) is 0.596. The summed E-state index contributed by atoms with van der Waals surface area (Å²) in [6.45, 7) is 4.18. The molecule has 0 bridgehead atoms. The first-order valence-corrected chi connectivity index (χ1v) is 4.57. The zero-order chi connectivity index (χ0) is 8.43. The van der Waals surface area contributed by atoms with Crippen molar-refractivity contribution in [2.24, 2.45) is 0 Å². The first-order chi connectivity index (χ1) is 5.16. The van der Waals surface area contributed by atoms with Gasteiger partial charge in [-0.05, 0) is 30.5 Å². The molecule has 57 valence electrons. The predicted octanol–water partition coefficient (Wildman–Crippen LogP) is 1.84. The van der Waals surface area contributed by atoms with Crippen LogP contribution in [0.15, 0.2) is 12.1 Å². The fourth-order valence-electron chi connectivity index (χ4n) is 1.02. The van der Waals surface area contributed by atoms with E-state index in [2.05, 4.69) is 30.2 Å². The average Bonchev–Trinajstić information content (AvgIpc) is 2.01. The van der Waals surface area contributed by atoms with Crippen LogP contribution in [0.5, 0.6) is 0 Å². The van der Waals surface area contributed by atoms with Gasteiger partial charge < -0.3 is 0 Å². The van der Waals surface area contributed by atoms with Crippen molar-refractivity contribution in [3.05, 3.63) is 28.8 Å². The highest BCUT2D eigenvalue weighted by Gasteiger charge is 2.01. The molecule has 0 atom stereocenters. The van der Waals surface area contributed by atoms with Crippen molar-refractivity contribution in [1.29, 1.82) is 0 Å². The van der Waals surface area contributed by atoms with E-state index in [-0.39, 0.29) is 0 Å². The van der Waals surface area contributed by atoms with Crippen LogP contribution in [0.3, 0.4) is 0 Å². The van der Waals surface area contributed by atoms with E-state index in [1.807, 2.05) is 6.07 Å². The van der Waals surface area contributed by atoms with Crippen molar-refractivity contribution in [2.45, 2.75) is 19.7 Å². The normalized spacial score (nSPS) is 10.2. The summed E-state index contributed by atoms with van der Waals surface area (Å²) in [7, 11) is 3.52. The van der Waals surface area contributed by atoms with Crippen LogP contribution in [-0.4, -0.2) is 10.2 Å². The minimum atomic E-state index is 0.596. The first kappa shape index (κ1) is 8.82. The minimum absolute atomic E-state index is 0.596. The topological polar surface area (TPSA) is 0 Å². The summed E-state index contributed by atoms with van der Waals surface area (Å²) in [4.78, 5) is 0. The van der Waals surface area contributed by atoms with Gasteiger partial charge in [-0.3, -0.25) is 0 Å². The number of rotatable bonds is 1. The molecule has 0 heterocycles. The highest BCUT2D eigenvalue weighted by Crippen LogP contribution is 2.12. The molecule has 0 unspecified atom stereocenters. The molecule has 0 aliphatic carbocycles. The number of hydrogen-bond donors (Lipinski definition) is 0. The molecule has 1 aromatic rings. The molecule has 2 heteroatoms. The molecule has 0 saturated carbocycles. The Morgan fingerprint density at radius 1 is 1.27 bits per heavy atom. The molecule has 0 aromatic heterocycles. The van der Waals surface area contributed by atoms with Crippen LogP contribution in [0.1, 0.15) is 16.7 Å². The Morgan fingerprint density at radius 3 is 2.45 bits per heavy atom. The highest BCUT2D eigenvalue weighted by molar-refractivity contribution is 6.33. The van der Waals surface area contributed by atoms with Crippen molar-refractivity contribution in [3.8, 4) is 0 Å². The van der Waals surface area contributed by atoms with Crippen LogP contribution in [0.2, 0.25) is 0 Å². The summed E-state index contributed by atoms with van der Waals surface area (Å²) < 4.78 is 0. The SMILES string of the molecule is Cc1c([Si])ccc(CCl)c1C. The van der Waals surface area contributed by atoms with E-state index in [4.69, 9.17) is 11.6 Å². The zero-order valence-electron chi connectivity index (χ0n) is 6.74. The number of halogens is 1. The summed E-state index contributed by atoms with van der Waals surface area (Å²) in [5.41, 5.74) is 3.78. The van der Waals surface area contributed by atoms with Crippen LogP contribution in [0.4, 0.5) is 0 Å². The van der Waals surface area contributed by atoms with Gasteiger partial charge >= 0.3 is 0 Å². The second-order valence-corrected chi connectivity index (χ2v) is 3.46. The summed E-state index contributed by atoms with van der Waals surface area (Å²) in [6, 6.07) is 4.09. The van der Waals surface area contributed by atoms with Crippen LogP contribution < -0.4 is 5.19 Å². The maximum atomic E-state index is 5.74. The van der Waals surface area contributed by atoms with Crippen molar-refractivity contribution in [1.82, 2.24) is 0 Å². The van der Waals surface area contributed by atoms with Crippen molar-refractivity contribution >= 4 is 27.0 Å². The lowest BCUT2D eigenvalue weighted by molar-refractivity contribution is 1.26. The molecule has 0 saturated heterocycles. The van der Waals surface area contributed by atoms with Crippen molar-refractivity contribution < 1.29 is 0 Å². The maximum absolute atomic E-state index is 5.74. The molecule has 0 aliphatic rings. The standard InChI is InChI=1S/C9H10ClSi/c1-6-7(2)9(11)4-3-8(6)5-10/h3-4H,5H2,1-2H3. The Bertz CT molecular complexity index is 269. The lowest BCUT2D eigenvalue weighted by atomic mass is 10.0. The summed E-state index contributed by atoms with van der Waals surface area (Å²) >= 11 is 5.74. The smallest absolute Gasteiger partial charge is 0.0715 e. The Labute approximate surface area is 76.0 Å². The Balaban J connectivity index is 3.25. The van der Waals surface area contributed by atoms with Gasteiger partial charge in [0, 0.05) is 5.88 Å². The van der Waals surface area contributed by atoms with Gasteiger partial charge in [-0.25, -0.2) is 0 Å². The quantitative estimate of drug-likeness (QED) is 0.458. The number of hydrogen-bond acceptors (Lipinski definition) is 0. The Morgan fingerprint density at radius 2 is 1.91 bits per heavy atom. The number of benzene rings is 1. The molecule has 0 N–H and O–H groups in total.